The molecule has 4 saturated carbocycles. The zero-order valence-electron chi connectivity index (χ0n) is 15.1. The van der Waals surface area contributed by atoms with E-state index >= 15 is 0 Å². The van der Waals surface area contributed by atoms with Gasteiger partial charge in [-0.1, -0.05) is 23.7 Å². The summed E-state index contributed by atoms with van der Waals surface area (Å²) in [6.45, 7) is 3.44. The second-order valence-corrected chi connectivity index (χ2v) is 9.35. The number of amides is 1. The normalized spacial score (nSPS) is 34.1. The van der Waals surface area contributed by atoms with Gasteiger partial charge in [0.25, 0.3) is 5.91 Å². The van der Waals surface area contributed by atoms with Crippen LogP contribution >= 0.6 is 11.6 Å². The Balaban J connectivity index is 1.27. The summed E-state index contributed by atoms with van der Waals surface area (Å²) in [5, 5.41) is 6.04. The third-order valence-corrected chi connectivity index (χ3v) is 7.32. The van der Waals surface area contributed by atoms with Crippen LogP contribution in [0, 0.1) is 23.2 Å². The average molecular weight is 362 g/mol. The molecule has 3 nitrogen and oxygen atoms in total. The van der Waals surface area contributed by atoms with Crippen LogP contribution in [0.4, 0.5) is 0 Å². The summed E-state index contributed by atoms with van der Waals surface area (Å²) in [6, 6.07) is 8.23. The Morgan fingerprint density at radius 3 is 2.48 bits per heavy atom. The number of hydrogen-bond acceptors (Lipinski definition) is 1. The van der Waals surface area contributed by atoms with E-state index in [0.29, 0.717) is 29.6 Å². The summed E-state index contributed by atoms with van der Waals surface area (Å²) < 4.78 is 0. The minimum Gasteiger partial charge on any atom is -0.347 e. The van der Waals surface area contributed by atoms with Gasteiger partial charge >= 0.3 is 0 Å². The Bertz CT molecular complexity index is 609. The molecule has 0 spiro atoms. The van der Waals surface area contributed by atoms with Gasteiger partial charge in [-0.05, 0) is 80.9 Å². The van der Waals surface area contributed by atoms with Crippen molar-refractivity contribution in [3.05, 3.63) is 34.9 Å². The lowest BCUT2D eigenvalue weighted by molar-refractivity contribution is -0.692. The van der Waals surface area contributed by atoms with Gasteiger partial charge < -0.3 is 10.6 Å². The Labute approximate surface area is 155 Å². The molecule has 4 heteroatoms. The average Bonchev–Trinajstić information content (AvgIpc) is 2.56. The van der Waals surface area contributed by atoms with Crippen molar-refractivity contribution >= 4 is 17.5 Å². The monoisotopic (exact) mass is 361 g/mol. The van der Waals surface area contributed by atoms with Crippen LogP contribution in [0.3, 0.4) is 0 Å². The highest BCUT2D eigenvalue weighted by Crippen LogP contribution is 2.60. The maximum absolute atomic E-state index is 12.3. The van der Waals surface area contributed by atoms with E-state index in [0.717, 1.165) is 23.3 Å². The molecule has 25 heavy (non-hydrogen) atoms. The largest absolute Gasteiger partial charge is 0.347 e. The summed E-state index contributed by atoms with van der Waals surface area (Å²) in [4.78, 5) is 12.3. The third-order valence-electron chi connectivity index (χ3n) is 7.09. The van der Waals surface area contributed by atoms with E-state index in [1.54, 1.807) is 0 Å². The molecule has 4 aliphatic carbocycles. The number of quaternary nitrogens is 1. The molecule has 3 N–H and O–H groups in total. The number of benzene rings is 1. The molecule has 1 aromatic rings. The van der Waals surface area contributed by atoms with Gasteiger partial charge in [0.15, 0.2) is 6.54 Å². The molecule has 1 amide bonds. The van der Waals surface area contributed by atoms with Gasteiger partial charge in [0, 0.05) is 17.0 Å². The molecule has 4 aliphatic rings. The quantitative estimate of drug-likeness (QED) is 0.803. The molecule has 0 radical (unpaired) electrons. The molecule has 0 heterocycles. The van der Waals surface area contributed by atoms with Crippen molar-refractivity contribution in [3.8, 4) is 0 Å². The van der Waals surface area contributed by atoms with Gasteiger partial charge in [-0.25, -0.2) is 0 Å². The molecule has 4 bridgehead atoms. The van der Waals surface area contributed by atoms with Crippen molar-refractivity contribution in [2.45, 2.75) is 58.0 Å². The number of hydrogen-bond donors (Lipinski definition) is 2. The van der Waals surface area contributed by atoms with Crippen LogP contribution in [0.2, 0.25) is 5.02 Å². The van der Waals surface area contributed by atoms with Gasteiger partial charge in [-0.2, -0.15) is 0 Å². The van der Waals surface area contributed by atoms with Gasteiger partial charge in [0.1, 0.15) is 0 Å². The first-order chi connectivity index (χ1) is 12.0. The van der Waals surface area contributed by atoms with Gasteiger partial charge in [0.05, 0.1) is 6.04 Å². The van der Waals surface area contributed by atoms with E-state index in [9.17, 15) is 4.79 Å². The number of halogens is 1. The molecular formula is C21H30ClN2O+. The molecule has 1 aromatic carbocycles. The highest BCUT2D eigenvalue weighted by molar-refractivity contribution is 6.30. The Morgan fingerprint density at radius 1 is 1.24 bits per heavy atom. The van der Waals surface area contributed by atoms with Crippen molar-refractivity contribution in [1.29, 1.82) is 0 Å². The van der Waals surface area contributed by atoms with E-state index in [4.69, 9.17) is 11.6 Å². The summed E-state index contributed by atoms with van der Waals surface area (Å²) >= 11 is 5.99. The summed E-state index contributed by atoms with van der Waals surface area (Å²) in [7, 11) is 0. The first-order valence-electron chi connectivity index (χ1n) is 9.87. The van der Waals surface area contributed by atoms with Crippen molar-refractivity contribution in [2.24, 2.45) is 23.2 Å². The van der Waals surface area contributed by atoms with E-state index in [-0.39, 0.29) is 5.91 Å². The molecule has 0 aromatic heterocycles. The topological polar surface area (TPSA) is 45.7 Å². The van der Waals surface area contributed by atoms with E-state index < -0.39 is 0 Å². The van der Waals surface area contributed by atoms with Crippen LogP contribution < -0.4 is 10.6 Å². The SMILES string of the molecule is C[C@H]([NH2+]CC(=O)NCc1cccc(Cl)c1)C12CC3CC(CC(C3)C1)C2. The summed E-state index contributed by atoms with van der Waals surface area (Å²) in [5.74, 6) is 3.04. The van der Waals surface area contributed by atoms with Crippen molar-refractivity contribution in [1.82, 2.24) is 5.32 Å². The zero-order chi connectivity index (χ0) is 17.4. The molecule has 136 valence electrons. The minimum absolute atomic E-state index is 0.122. The van der Waals surface area contributed by atoms with E-state index in [1.807, 2.05) is 24.3 Å². The van der Waals surface area contributed by atoms with E-state index in [2.05, 4.69) is 17.6 Å². The van der Waals surface area contributed by atoms with Crippen LogP contribution in [-0.4, -0.2) is 18.5 Å². The Hall–Kier alpha value is -1.06. The second kappa shape index (κ2) is 6.92. The maximum atomic E-state index is 12.3. The smallest absolute Gasteiger partial charge is 0.275 e. The Morgan fingerprint density at radius 2 is 1.88 bits per heavy atom. The second-order valence-electron chi connectivity index (χ2n) is 8.92. The standard InChI is InChI=1S/C21H29ClN2O/c1-14(21-9-16-5-17(10-21)7-18(6-16)11-21)23-13-20(25)24-12-15-3-2-4-19(22)8-15/h2-4,8,14,16-18,23H,5-7,9-13H2,1H3,(H,24,25)/p+1/t14-,16?,17?,18?,21?/m0/s1. The van der Waals surface area contributed by atoms with E-state index in [1.165, 1.54) is 38.5 Å². The fraction of sp³-hybridized carbons (Fsp3) is 0.667. The van der Waals surface area contributed by atoms with Crippen molar-refractivity contribution < 1.29 is 10.1 Å². The van der Waals surface area contributed by atoms with Crippen LogP contribution in [0.1, 0.15) is 51.0 Å². The third kappa shape index (κ3) is 3.73. The number of nitrogens with two attached hydrogens (primary N) is 1. The highest BCUT2D eigenvalue weighted by Gasteiger charge is 2.54. The first-order valence-corrected chi connectivity index (χ1v) is 10.2. The lowest BCUT2D eigenvalue weighted by atomic mass is 9.48. The molecule has 1 atom stereocenters. The van der Waals surface area contributed by atoms with Gasteiger partial charge in [0.2, 0.25) is 0 Å². The van der Waals surface area contributed by atoms with Crippen LogP contribution in [0.15, 0.2) is 24.3 Å². The highest BCUT2D eigenvalue weighted by atomic mass is 35.5. The maximum Gasteiger partial charge on any atom is 0.275 e. The van der Waals surface area contributed by atoms with Crippen LogP contribution in [-0.2, 0) is 11.3 Å². The number of carbonyl (C=O) groups excluding carboxylic acids is 1. The van der Waals surface area contributed by atoms with Crippen LogP contribution in [0.25, 0.3) is 0 Å². The molecule has 5 rings (SSSR count). The molecule has 0 aliphatic heterocycles. The fourth-order valence-corrected chi connectivity index (χ4v) is 6.40. The Kier molecular flexibility index (Phi) is 4.81. The zero-order valence-corrected chi connectivity index (χ0v) is 15.9. The van der Waals surface area contributed by atoms with Gasteiger partial charge in [-0.15, -0.1) is 0 Å². The molecule has 0 saturated heterocycles. The number of rotatable bonds is 6. The summed E-state index contributed by atoms with van der Waals surface area (Å²) in [6.07, 6.45) is 8.65. The molecular weight excluding hydrogens is 332 g/mol. The predicted molar refractivity (Wildman–Crippen MR) is 100 cm³/mol. The fourth-order valence-electron chi connectivity index (χ4n) is 6.19. The predicted octanol–water partition coefficient (Wildman–Crippen LogP) is 3.12. The first kappa shape index (κ1) is 17.4. The number of nitrogens with one attached hydrogen (secondary N) is 1. The number of carbonyl (C=O) groups is 1. The lowest BCUT2D eigenvalue weighted by Gasteiger charge is -2.57. The molecule has 4 fully saturated rings. The van der Waals surface area contributed by atoms with Crippen molar-refractivity contribution in [2.75, 3.05) is 6.54 Å². The minimum atomic E-state index is 0.122. The van der Waals surface area contributed by atoms with Gasteiger partial charge in [-0.3, -0.25) is 4.79 Å². The molecule has 0 unspecified atom stereocenters. The van der Waals surface area contributed by atoms with Crippen molar-refractivity contribution in [3.63, 3.8) is 0 Å². The van der Waals surface area contributed by atoms with Crippen LogP contribution in [0.5, 0.6) is 0 Å². The lowest BCUT2D eigenvalue weighted by Crippen LogP contribution is -2.94. The summed E-state index contributed by atoms with van der Waals surface area (Å²) in [5.41, 5.74) is 1.55.